The van der Waals surface area contributed by atoms with Crippen LogP contribution in [-0.2, 0) is 28.7 Å². The number of hydrogen-bond donors (Lipinski definition) is 0. The zero-order chi connectivity index (χ0) is 16.8. The summed E-state index contributed by atoms with van der Waals surface area (Å²) in [4.78, 5) is 41.9. The Bertz CT molecular complexity index is 353. The summed E-state index contributed by atoms with van der Waals surface area (Å²) in [5.41, 5.74) is 0. The molecule has 0 spiro atoms. The lowest BCUT2D eigenvalue weighted by Crippen LogP contribution is -2.16. The molecule has 1 atom stereocenters. The van der Waals surface area contributed by atoms with Crippen LogP contribution >= 0.6 is 15.9 Å². The number of carbonyl (C=O) groups excluding carboxylic acids is 4. The van der Waals surface area contributed by atoms with Crippen LogP contribution < -0.4 is 0 Å². The van der Waals surface area contributed by atoms with Crippen LogP contribution in [0.5, 0.6) is 0 Å². The average molecular weight is 367 g/mol. The highest BCUT2D eigenvalue weighted by atomic mass is 79.9. The van der Waals surface area contributed by atoms with Gasteiger partial charge in [-0.25, -0.2) is 0 Å². The van der Waals surface area contributed by atoms with Crippen LogP contribution in [0.3, 0.4) is 0 Å². The Labute approximate surface area is 133 Å². The van der Waals surface area contributed by atoms with Gasteiger partial charge in [-0.2, -0.15) is 0 Å². The van der Waals surface area contributed by atoms with Crippen molar-refractivity contribution in [3.63, 3.8) is 0 Å². The number of hydrogen-bond acceptors (Lipinski definition) is 6. The average Bonchev–Trinajstić information content (AvgIpc) is 2.37. The first kappa shape index (κ1) is 22.0. The van der Waals surface area contributed by atoms with Gasteiger partial charge in [0.15, 0.2) is 0 Å². The third kappa shape index (κ3) is 16.7. The predicted molar refractivity (Wildman–Crippen MR) is 81.2 cm³/mol. The van der Waals surface area contributed by atoms with Gasteiger partial charge in [-0.15, -0.1) is 0 Å². The van der Waals surface area contributed by atoms with Gasteiger partial charge < -0.3 is 14.3 Å². The normalized spacial score (nSPS) is 10.7. The molecule has 0 aliphatic rings. The van der Waals surface area contributed by atoms with Crippen LogP contribution in [0.15, 0.2) is 0 Å². The molecule has 0 bridgehead atoms. The van der Waals surface area contributed by atoms with Crippen molar-refractivity contribution in [2.75, 3.05) is 13.2 Å². The molecule has 0 saturated carbocycles. The van der Waals surface area contributed by atoms with E-state index in [-0.39, 0.29) is 36.3 Å². The van der Waals surface area contributed by atoms with E-state index in [4.69, 9.17) is 0 Å². The molecular weight excluding hydrogens is 344 g/mol. The molecule has 0 fully saturated rings. The minimum absolute atomic E-state index is 0.0213. The van der Waals surface area contributed by atoms with Gasteiger partial charge in [0.2, 0.25) is 0 Å². The molecule has 0 radical (unpaired) electrons. The van der Waals surface area contributed by atoms with Gasteiger partial charge in [-0.3, -0.25) is 14.4 Å². The van der Waals surface area contributed by atoms with Gasteiger partial charge in [0.1, 0.15) is 11.6 Å². The van der Waals surface area contributed by atoms with E-state index in [9.17, 15) is 19.2 Å². The van der Waals surface area contributed by atoms with E-state index in [1.165, 1.54) is 13.8 Å². The summed E-state index contributed by atoms with van der Waals surface area (Å²) in [5, 5.41) is 0. The van der Waals surface area contributed by atoms with Crippen LogP contribution in [-0.4, -0.2) is 41.5 Å². The minimum atomic E-state index is -0.401. The maximum Gasteiger partial charge on any atom is 0.307 e. The third-order valence-electron chi connectivity index (χ3n) is 2.08. The Morgan fingerprint density at radius 3 is 1.76 bits per heavy atom. The number of ether oxygens (including phenoxy) is 2. The fourth-order valence-corrected chi connectivity index (χ4v) is 1.29. The van der Waals surface area contributed by atoms with Crippen molar-refractivity contribution in [2.24, 2.45) is 0 Å². The summed E-state index contributed by atoms with van der Waals surface area (Å²) in [6, 6.07) is 0. The predicted octanol–water partition coefficient (Wildman–Crippen LogP) is 2.21. The number of carbonyl (C=O) groups is 4. The summed E-state index contributed by atoms with van der Waals surface area (Å²) >= 11 is 3.06. The van der Waals surface area contributed by atoms with Crippen molar-refractivity contribution in [2.45, 2.75) is 51.8 Å². The topological polar surface area (TPSA) is 86.7 Å². The molecule has 0 heterocycles. The van der Waals surface area contributed by atoms with Crippen LogP contribution in [0.2, 0.25) is 0 Å². The zero-order valence-corrected chi connectivity index (χ0v) is 14.5. The maximum atomic E-state index is 10.8. The van der Waals surface area contributed by atoms with E-state index in [0.29, 0.717) is 19.6 Å². The zero-order valence-electron chi connectivity index (χ0n) is 12.9. The van der Waals surface area contributed by atoms with E-state index in [0.717, 1.165) is 0 Å². The molecule has 0 aromatic carbocycles. The second kappa shape index (κ2) is 13.7. The molecule has 7 heteroatoms. The minimum Gasteiger partial charge on any atom is -0.466 e. The molecule has 0 amide bonds. The summed E-state index contributed by atoms with van der Waals surface area (Å²) < 4.78 is 9.24. The lowest BCUT2D eigenvalue weighted by molar-refractivity contribution is -0.144. The van der Waals surface area contributed by atoms with Crippen LogP contribution in [0.1, 0.15) is 47.0 Å². The standard InChI is InChI=1S/C7H11BrO3.C7H12O3/c1-3-11-7(10)4-6(8)5(2)9;1-3-10-7(9)5-4-6(2)8/h6H,3-4H2,1-2H3;3-5H2,1-2H3. The van der Waals surface area contributed by atoms with Crippen molar-refractivity contribution in [1.82, 2.24) is 0 Å². The molecule has 21 heavy (non-hydrogen) atoms. The van der Waals surface area contributed by atoms with Crippen molar-refractivity contribution in [1.29, 1.82) is 0 Å². The molecule has 6 nitrogen and oxygen atoms in total. The lowest BCUT2D eigenvalue weighted by Gasteiger charge is -2.04. The van der Waals surface area contributed by atoms with Gasteiger partial charge >= 0.3 is 11.9 Å². The number of alkyl halides is 1. The van der Waals surface area contributed by atoms with E-state index < -0.39 is 4.83 Å². The fourth-order valence-electron chi connectivity index (χ4n) is 1.02. The van der Waals surface area contributed by atoms with Crippen molar-refractivity contribution >= 4 is 39.4 Å². The first-order valence-electron chi connectivity index (χ1n) is 6.69. The van der Waals surface area contributed by atoms with Crippen molar-refractivity contribution in [3.05, 3.63) is 0 Å². The van der Waals surface area contributed by atoms with Gasteiger partial charge in [0.05, 0.1) is 30.9 Å². The van der Waals surface area contributed by atoms with E-state index >= 15 is 0 Å². The maximum absolute atomic E-state index is 10.8. The summed E-state index contributed by atoms with van der Waals surface area (Å²) in [6.45, 7) is 7.10. The molecule has 0 N–H and O–H groups in total. The number of ketones is 2. The first-order chi connectivity index (χ1) is 9.74. The number of Topliss-reactive ketones (excluding diaryl/α,β-unsaturated/α-hetero) is 2. The highest BCUT2D eigenvalue weighted by Crippen LogP contribution is 2.06. The molecule has 0 aliphatic carbocycles. The lowest BCUT2D eigenvalue weighted by atomic mass is 10.2. The van der Waals surface area contributed by atoms with Crippen LogP contribution in [0.25, 0.3) is 0 Å². The summed E-state index contributed by atoms with van der Waals surface area (Å²) in [5.74, 6) is -0.673. The van der Waals surface area contributed by atoms with Gasteiger partial charge in [-0.05, 0) is 27.7 Å². The van der Waals surface area contributed by atoms with Gasteiger partial charge in [0, 0.05) is 6.42 Å². The molecule has 1 unspecified atom stereocenters. The SMILES string of the molecule is CCOC(=O)CC(Br)C(C)=O.CCOC(=O)CCC(C)=O. The Kier molecular flexibility index (Phi) is 14.4. The summed E-state index contributed by atoms with van der Waals surface area (Å²) in [6.07, 6.45) is 0.616. The molecule has 0 aromatic heterocycles. The summed E-state index contributed by atoms with van der Waals surface area (Å²) in [7, 11) is 0. The first-order valence-corrected chi connectivity index (χ1v) is 7.61. The second-order valence-electron chi connectivity index (χ2n) is 4.09. The highest BCUT2D eigenvalue weighted by Gasteiger charge is 2.14. The third-order valence-corrected chi connectivity index (χ3v) is 3.05. The van der Waals surface area contributed by atoms with E-state index in [2.05, 4.69) is 25.4 Å². The molecule has 0 rings (SSSR count). The van der Waals surface area contributed by atoms with Crippen LogP contribution in [0, 0.1) is 0 Å². The second-order valence-corrected chi connectivity index (χ2v) is 5.20. The number of rotatable bonds is 8. The smallest absolute Gasteiger partial charge is 0.307 e. The highest BCUT2D eigenvalue weighted by molar-refractivity contribution is 9.10. The van der Waals surface area contributed by atoms with Crippen molar-refractivity contribution < 1.29 is 28.7 Å². The molecule has 0 aromatic rings. The Balaban J connectivity index is 0. The van der Waals surface area contributed by atoms with E-state index in [1.54, 1.807) is 13.8 Å². The Morgan fingerprint density at radius 2 is 1.38 bits per heavy atom. The Hall–Kier alpha value is -1.24. The Morgan fingerprint density at radius 1 is 0.905 bits per heavy atom. The number of esters is 2. The molecule has 0 aliphatic heterocycles. The fraction of sp³-hybridized carbons (Fsp3) is 0.714. The van der Waals surface area contributed by atoms with Crippen LogP contribution in [0.4, 0.5) is 0 Å². The van der Waals surface area contributed by atoms with Crippen molar-refractivity contribution in [3.8, 4) is 0 Å². The molecule has 0 saturated heterocycles. The molecular formula is C14H23BrO6. The van der Waals surface area contributed by atoms with Gasteiger partial charge in [-0.1, -0.05) is 15.9 Å². The monoisotopic (exact) mass is 366 g/mol. The van der Waals surface area contributed by atoms with Gasteiger partial charge in [0.25, 0.3) is 0 Å². The van der Waals surface area contributed by atoms with E-state index in [1.807, 2.05) is 0 Å². The molecule has 122 valence electrons. The number of halogens is 1. The largest absolute Gasteiger partial charge is 0.466 e. The quantitative estimate of drug-likeness (QED) is 0.483.